The SMILES string of the molecule is COc1cc(OC)c2ccnc(C=O)c2c1. The largest absolute Gasteiger partial charge is 0.497 e. The van der Waals surface area contributed by atoms with Crippen LogP contribution >= 0.6 is 0 Å². The molecule has 0 N–H and O–H groups in total. The van der Waals surface area contributed by atoms with Crippen molar-refractivity contribution in [2.45, 2.75) is 0 Å². The normalized spacial score (nSPS) is 10.1. The molecule has 0 atom stereocenters. The lowest BCUT2D eigenvalue weighted by Gasteiger charge is -2.09. The molecule has 1 aromatic heterocycles. The van der Waals surface area contributed by atoms with Crippen LogP contribution in [-0.4, -0.2) is 25.5 Å². The van der Waals surface area contributed by atoms with E-state index in [0.29, 0.717) is 17.2 Å². The van der Waals surface area contributed by atoms with Crippen LogP contribution in [0.25, 0.3) is 10.8 Å². The number of aldehydes is 1. The molecule has 0 bridgehead atoms. The van der Waals surface area contributed by atoms with Crippen LogP contribution in [0.5, 0.6) is 11.5 Å². The van der Waals surface area contributed by atoms with Crippen molar-refractivity contribution in [3.05, 3.63) is 30.1 Å². The van der Waals surface area contributed by atoms with Crippen molar-refractivity contribution in [2.24, 2.45) is 0 Å². The Morgan fingerprint density at radius 1 is 1.19 bits per heavy atom. The van der Waals surface area contributed by atoms with Crippen molar-refractivity contribution in [1.29, 1.82) is 0 Å². The van der Waals surface area contributed by atoms with Gasteiger partial charge >= 0.3 is 0 Å². The lowest BCUT2D eigenvalue weighted by molar-refractivity contribution is 0.112. The molecule has 0 saturated carbocycles. The van der Waals surface area contributed by atoms with E-state index >= 15 is 0 Å². The van der Waals surface area contributed by atoms with Gasteiger partial charge in [-0.05, 0) is 12.1 Å². The zero-order valence-electron chi connectivity index (χ0n) is 9.06. The molecule has 0 radical (unpaired) electrons. The second kappa shape index (κ2) is 4.18. The van der Waals surface area contributed by atoms with Crippen LogP contribution in [0, 0.1) is 0 Å². The molecule has 0 fully saturated rings. The van der Waals surface area contributed by atoms with Gasteiger partial charge < -0.3 is 9.47 Å². The van der Waals surface area contributed by atoms with E-state index in [0.717, 1.165) is 17.1 Å². The Labute approximate surface area is 92.8 Å². The van der Waals surface area contributed by atoms with Crippen LogP contribution in [0.15, 0.2) is 24.4 Å². The number of hydrogen-bond donors (Lipinski definition) is 0. The maximum atomic E-state index is 10.9. The highest BCUT2D eigenvalue weighted by Crippen LogP contribution is 2.31. The fourth-order valence-electron chi connectivity index (χ4n) is 1.63. The number of methoxy groups -OCH3 is 2. The standard InChI is InChI=1S/C12H11NO3/c1-15-8-5-10-9(12(6-8)16-2)3-4-13-11(10)7-14/h3-7H,1-2H3. The van der Waals surface area contributed by atoms with Crippen molar-refractivity contribution in [3.63, 3.8) is 0 Å². The zero-order chi connectivity index (χ0) is 11.5. The molecule has 0 spiro atoms. The number of hydrogen-bond acceptors (Lipinski definition) is 4. The fourth-order valence-corrected chi connectivity index (χ4v) is 1.63. The summed E-state index contributed by atoms with van der Waals surface area (Å²) in [6.07, 6.45) is 2.31. The third kappa shape index (κ3) is 1.58. The first-order valence-corrected chi connectivity index (χ1v) is 4.76. The molecule has 0 aliphatic rings. The average Bonchev–Trinajstić information content (AvgIpc) is 2.36. The summed E-state index contributed by atoms with van der Waals surface area (Å²) in [5, 5.41) is 1.58. The quantitative estimate of drug-likeness (QED) is 0.738. The molecule has 82 valence electrons. The highest BCUT2D eigenvalue weighted by molar-refractivity contribution is 5.99. The molecule has 4 nitrogen and oxygen atoms in total. The molecule has 0 amide bonds. The molecule has 0 aliphatic heterocycles. The molecule has 1 heterocycles. The van der Waals surface area contributed by atoms with E-state index in [1.165, 1.54) is 0 Å². The predicted molar refractivity (Wildman–Crippen MR) is 60.2 cm³/mol. The smallest absolute Gasteiger partial charge is 0.169 e. The summed E-state index contributed by atoms with van der Waals surface area (Å²) in [6.45, 7) is 0. The van der Waals surface area contributed by atoms with Crippen molar-refractivity contribution in [2.75, 3.05) is 14.2 Å². The summed E-state index contributed by atoms with van der Waals surface area (Å²) in [5.41, 5.74) is 0.384. The second-order valence-electron chi connectivity index (χ2n) is 3.24. The number of carbonyl (C=O) groups is 1. The first-order valence-electron chi connectivity index (χ1n) is 4.76. The molecule has 1 aromatic carbocycles. The van der Waals surface area contributed by atoms with Crippen LogP contribution in [0.4, 0.5) is 0 Å². The second-order valence-corrected chi connectivity index (χ2v) is 3.24. The first-order chi connectivity index (χ1) is 7.80. The number of pyridine rings is 1. The highest BCUT2D eigenvalue weighted by atomic mass is 16.5. The number of fused-ring (bicyclic) bond motifs is 1. The van der Waals surface area contributed by atoms with Crippen molar-refractivity contribution >= 4 is 17.1 Å². The molecular formula is C12H11NO3. The Kier molecular flexibility index (Phi) is 2.72. The van der Waals surface area contributed by atoms with Crippen LogP contribution in [0.3, 0.4) is 0 Å². The van der Waals surface area contributed by atoms with Gasteiger partial charge in [0.25, 0.3) is 0 Å². The van der Waals surface area contributed by atoms with Gasteiger partial charge in [-0.3, -0.25) is 9.78 Å². The van der Waals surface area contributed by atoms with E-state index in [2.05, 4.69) is 4.98 Å². The summed E-state index contributed by atoms with van der Waals surface area (Å²) < 4.78 is 10.4. The van der Waals surface area contributed by atoms with Gasteiger partial charge in [-0.15, -0.1) is 0 Å². The van der Waals surface area contributed by atoms with Crippen LogP contribution in [0.2, 0.25) is 0 Å². The van der Waals surface area contributed by atoms with Crippen LogP contribution in [0.1, 0.15) is 10.5 Å². The summed E-state index contributed by atoms with van der Waals surface area (Å²) in [4.78, 5) is 14.9. The topological polar surface area (TPSA) is 48.4 Å². The van der Waals surface area contributed by atoms with Gasteiger partial charge in [0.2, 0.25) is 0 Å². The minimum atomic E-state index is 0.384. The Balaban J connectivity index is 2.83. The minimum absolute atomic E-state index is 0.384. The summed E-state index contributed by atoms with van der Waals surface area (Å²) in [5.74, 6) is 1.31. The van der Waals surface area contributed by atoms with Crippen LogP contribution in [-0.2, 0) is 0 Å². The van der Waals surface area contributed by atoms with E-state index < -0.39 is 0 Å². The van der Waals surface area contributed by atoms with Gasteiger partial charge in [-0.25, -0.2) is 0 Å². The monoisotopic (exact) mass is 217 g/mol. The Morgan fingerprint density at radius 3 is 2.62 bits per heavy atom. The van der Waals surface area contributed by atoms with Crippen molar-refractivity contribution in [1.82, 2.24) is 4.98 Å². The molecule has 0 unspecified atom stereocenters. The van der Waals surface area contributed by atoms with E-state index in [-0.39, 0.29) is 0 Å². The van der Waals surface area contributed by atoms with Gasteiger partial charge in [-0.2, -0.15) is 0 Å². The number of carbonyl (C=O) groups excluding carboxylic acids is 1. The number of aromatic nitrogens is 1. The molecule has 4 heteroatoms. The first kappa shape index (κ1) is 10.4. The Hall–Kier alpha value is -2.10. The molecule has 0 aliphatic carbocycles. The third-order valence-electron chi connectivity index (χ3n) is 2.41. The van der Waals surface area contributed by atoms with E-state index in [1.807, 2.05) is 0 Å². The van der Waals surface area contributed by atoms with Gasteiger partial charge in [0, 0.05) is 23.0 Å². The van der Waals surface area contributed by atoms with Gasteiger partial charge in [-0.1, -0.05) is 0 Å². The summed E-state index contributed by atoms with van der Waals surface area (Å²) in [6, 6.07) is 5.35. The average molecular weight is 217 g/mol. The minimum Gasteiger partial charge on any atom is -0.497 e. The lowest BCUT2D eigenvalue weighted by atomic mass is 10.1. The van der Waals surface area contributed by atoms with E-state index in [1.54, 1.807) is 38.6 Å². The number of benzene rings is 1. The number of rotatable bonds is 3. The van der Waals surface area contributed by atoms with Crippen molar-refractivity contribution in [3.8, 4) is 11.5 Å². The summed E-state index contributed by atoms with van der Waals surface area (Å²) >= 11 is 0. The maximum Gasteiger partial charge on any atom is 0.169 e. The highest BCUT2D eigenvalue weighted by Gasteiger charge is 2.08. The van der Waals surface area contributed by atoms with E-state index in [4.69, 9.17) is 9.47 Å². The summed E-state index contributed by atoms with van der Waals surface area (Å²) in [7, 11) is 3.15. The molecule has 0 saturated heterocycles. The molecule has 2 aromatic rings. The maximum absolute atomic E-state index is 10.9. The fraction of sp³-hybridized carbons (Fsp3) is 0.167. The van der Waals surface area contributed by atoms with Gasteiger partial charge in [0.05, 0.1) is 14.2 Å². The number of nitrogens with zero attached hydrogens (tertiary/aromatic N) is 1. The predicted octanol–water partition coefficient (Wildman–Crippen LogP) is 2.06. The van der Waals surface area contributed by atoms with E-state index in [9.17, 15) is 4.79 Å². The zero-order valence-corrected chi connectivity index (χ0v) is 9.06. The Morgan fingerprint density at radius 2 is 2.00 bits per heavy atom. The lowest BCUT2D eigenvalue weighted by Crippen LogP contribution is -1.93. The van der Waals surface area contributed by atoms with Gasteiger partial charge in [0.1, 0.15) is 17.2 Å². The van der Waals surface area contributed by atoms with Crippen LogP contribution < -0.4 is 9.47 Å². The van der Waals surface area contributed by atoms with Gasteiger partial charge in [0.15, 0.2) is 6.29 Å². The third-order valence-corrected chi connectivity index (χ3v) is 2.41. The molecule has 2 rings (SSSR count). The van der Waals surface area contributed by atoms with Crippen molar-refractivity contribution < 1.29 is 14.3 Å². The Bertz CT molecular complexity index is 537. The molecule has 16 heavy (non-hydrogen) atoms. The number of ether oxygens (including phenoxy) is 2. The molecular weight excluding hydrogens is 206 g/mol.